The molecule has 0 fully saturated rings. The van der Waals surface area contributed by atoms with Crippen LogP contribution in [0.4, 0.5) is 5.69 Å². The topological polar surface area (TPSA) is 79.7 Å². The summed E-state index contributed by atoms with van der Waals surface area (Å²) in [4.78, 5) is 1.12. The van der Waals surface area contributed by atoms with Crippen LogP contribution in [0.1, 0.15) is 49.8 Å². The van der Waals surface area contributed by atoms with E-state index in [1.165, 1.54) is 11.8 Å². The Hall–Kier alpha value is -2.45. The number of rotatable bonds is 6. The largest absolute Gasteiger partial charge is 0.321 e. The summed E-state index contributed by atoms with van der Waals surface area (Å²) in [6, 6.07) is 26.5. The Morgan fingerprint density at radius 1 is 0.879 bits per heavy atom. The van der Waals surface area contributed by atoms with E-state index in [9.17, 15) is 0 Å². The maximum atomic E-state index is 6.42. The molecule has 0 heterocycles. The van der Waals surface area contributed by atoms with Gasteiger partial charge in [-0.1, -0.05) is 100 Å². The average Bonchev–Trinajstić information content (AvgIpc) is 2.89. The third-order valence-electron chi connectivity index (χ3n) is 4.29. The number of amidine groups is 1. The van der Waals surface area contributed by atoms with Crippen LogP contribution < -0.4 is 21.4 Å². The molecule has 7 heteroatoms. The van der Waals surface area contributed by atoms with Gasteiger partial charge in [0.25, 0.3) is 0 Å². The lowest BCUT2D eigenvalue weighted by molar-refractivity contribution is 0.946. The van der Waals surface area contributed by atoms with E-state index in [4.69, 9.17) is 11.7 Å². The minimum absolute atomic E-state index is 0.0973. The molecule has 0 aliphatic carbocycles. The molecular formula is C26H37N5S2. The molecule has 0 radical (unpaired) electrons. The van der Waals surface area contributed by atoms with E-state index >= 15 is 0 Å². The predicted octanol–water partition coefficient (Wildman–Crippen LogP) is 6.99. The van der Waals surface area contributed by atoms with Crippen molar-refractivity contribution < 1.29 is 0 Å². The minimum Gasteiger partial charge on any atom is -0.321 e. The van der Waals surface area contributed by atoms with E-state index in [-0.39, 0.29) is 5.37 Å². The Morgan fingerprint density at radius 3 is 2.03 bits per heavy atom. The second-order valence-electron chi connectivity index (χ2n) is 6.51. The molecule has 5 N–H and O–H groups in total. The molecule has 0 aliphatic rings. The molecule has 0 saturated heterocycles. The van der Waals surface area contributed by atoms with Crippen molar-refractivity contribution in [2.45, 2.75) is 51.8 Å². The van der Waals surface area contributed by atoms with Crippen LogP contribution in [-0.4, -0.2) is 5.17 Å². The number of anilines is 1. The van der Waals surface area contributed by atoms with Gasteiger partial charge in [0.15, 0.2) is 0 Å². The van der Waals surface area contributed by atoms with Gasteiger partial charge < -0.3 is 5.84 Å². The highest BCUT2D eigenvalue weighted by Gasteiger charge is 2.20. The van der Waals surface area contributed by atoms with E-state index in [2.05, 4.69) is 40.2 Å². The van der Waals surface area contributed by atoms with Gasteiger partial charge >= 0.3 is 0 Å². The number of hydrazine groups is 1. The van der Waals surface area contributed by atoms with E-state index in [0.717, 1.165) is 27.3 Å². The highest BCUT2D eigenvalue weighted by atomic mass is 32.2. The SMILES string of the molecule is CC.CC.Cc1ccc(C)c(N(N)/C(=N\N)SC(NSc2ccccc2)c2ccccc2)c1. The van der Waals surface area contributed by atoms with Crippen molar-refractivity contribution in [3.05, 3.63) is 95.6 Å². The lowest BCUT2D eigenvalue weighted by Gasteiger charge is -2.25. The predicted molar refractivity (Wildman–Crippen MR) is 149 cm³/mol. The van der Waals surface area contributed by atoms with E-state index < -0.39 is 0 Å². The quantitative estimate of drug-likeness (QED) is 0.0875. The molecule has 3 aromatic carbocycles. The first kappa shape index (κ1) is 28.6. The summed E-state index contributed by atoms with van der Waals surface area (Å²) in [6.07, 6.45) is 0. The smallest absolute Gasteiger partial charge is 0.203 e. The fourth-order valence-corrected chi connectivity index (χ4v) is 4.52. The number of aryl methyl sites for hydroxylation is 2. The first-order valence-corrected chi connectivity index (χ1v) is 12.9. The van der Waals surface area contributed by atoms with Gasteiger partial charge in [0.05, 0.1) is 11.1 Å². The summed E-state index contributed by atoms with van der Waals surface area (Å²) < 4.78 is 3.51. The van der Waals surface area contributed by atoms with Gasteiger partial charge in [-0.25, -0.2) is 10.6 Å². The molecule has 5 nitrogen and oxygen atoms in total. The van der Waals surface area contributed by atoms with Crippen molar-refractivity contribution in [3.8, 4) is 0 Å². The van der Waals surface area contributed by atoms with Crippen LogP contribution in [0, 0.1) is 13.8 Å². The number of nitrogens with zero attached hydrogens (tertiary/aromatic N) is 2. The standard InChI is InChI=1S/C22H25N5S2.2C2H6/c1-16-13-14-17(2)20(15-16)27(24)22(25-23)28-21(18-9-5-3-6-10-18)26-29-19-11-7-4-8-12-19;2*1-2/h3-15,21,26H,23-24H2,1-2H3;2*1-2H3/b25-22+;;. The van der Waals surface area contributed by atoms with Crippen molar-refractivity contribution in [2.24, 2.45) is 16.8 Å². The third-order valence-corrected chi connectivity index (χ3v) is 6.44. The van der Waals surface area contributed by atoms with E-state index in [1.807, 2.05) is 90.1 Å². The Balaban J connectivity index is 0.00000129. The maximum Gasteiger partial charge on any atom is 0.203 e. The Bertz CT molecular complexity index is 949. The zero-order chi connectivity index (χ0) is 24.6. The van der Waals surface area contributed by atoms with Gasteiger partial charge in [0.1, 0.15) is 0 Å². The van der Waals surface area contributed by atoms with Crippen molar-refractivity contribution in [2.75, 3.05) is 5.01 Å². The van der Waals surface area contributed by atoms with Gasteiger partial charge in [0.2, 0.25) is 5.17 Å². The van der Waals surface area contributed by atoms with Crippen LogP contribution in [0.5, 0.6) is 0 Å². The molecule has 0 aromatic heterocycles. The van der Waals surface area contributed by atoms with Gasteiger partial charge in [0, 0.05) is 4.90 Å². The molecule has 1 unspecified atom stereocenters. The normalized spacial score (nSPS) is 11.4. The lowest BCUT2D eigenvalue weighted by atomic mass is 10.1. The number of hydrogen-bond acceptors (Lipinski definition) is 6. The lowest BCUT2D eigenvalue weighted by Crippen LogP contribution is -2.38. The van der Waals surface area contributed by atoms with Gasteiger partial charge in [-0.05, 0) is 60.7 Å². The molecule has 3 aromatic rings. The molecule has 0 aliphatic heterocycles. The zero-order valence-corrected chi connectivity index (χ0v) is 22.1. The molecule has 1 atom stereocenters. The zero-order valence-electron chi connectivity index (χ0n) is 20.4. The van der Waals surface area contributed by atoms with Gasteiger partial charge in [-0.15, -0.1) is 0 Å². The number of benzene rings is 3. The second kappa shape index (κ2) is 16.2. The summed E-state index contributed by atoms with van der Waals surface area (Å²) in [5.74, 6) is 12.2. The number of nitrogens with one attached hydrogen (secondary N) is 1. The van der Waals surface area contributed by atoms with Crippen molar-refractivity contribution >= 4 is 34.6 Å². The fraction of sp³-hybridized carbons (Fsp3) is 0.269. The van der Waals surface area contributed by atoms with Crippen molar-refractivity contribution in [1.82, 2.24) is 4.72 Å². The number of nitrogens with two attached hydrogens (primary N) is 2. The van der Waals surface area contributed by atoms with Crippen LogP contribution in [-0.2, 0) is 0 Å². The summed E-state index contributed by atoms with van der Waals surface area (Å²) in [6.45, 7) is 12.1. The first-order chi connectivity index (χ1) is 16.1. The summed E-state index contributed by atoms with van der Waals surface area (Å²) in [7, 11) is 0. The third kappa shape index (κ3) is 9.14. The molecule has 0 amide bonds. The van der Waals surface area contributed by atoms with Crippen LogP contribution in [0.15, 0.2) is 88.9 Å². The van der Waals surface area contributed by atoms with Crippen LogP contribution >= 0.6 is 23.7 Å². The Kier molecular flexibility index (Phi) is 14.0. The number of hydrogen-bond donors (Lipinski definition) is 3. The summed E-state index contributed by atoms with van der Waals surface area (Å²) >= 11 is 3.04. The number of thioether (sulfide) groups is 1. The van der Waals surface area contributed by atoms with Crippen LogP contribution in [0.2, 0.25) is 0 Å². The van der Waals surface area contributed by atoms with Crippen LogP contribution in [0.25, 0.3) is 0 Å². The molecule has 178 valence electrons. The van der Waals surface area contributed by atoms with E-state index in [0.29, 0.717) is 5.17 Å². The maximum absolute atomic E-state index is 6.42. The number of hydrazone groups is 1. The van der Waals surface area contributed by atoms with Crippen molar-refractivity contribution in [1.29, 1.82) is 0 Å². The molecule has 0 spiro atoms. The average molecular weight is 484 g/mol. The van der Waals surface area contributed by atoms with Gasteiger partial charge in [-0.3, -0.25) is 5.01 Å². The molecule has 0 saturated carbocycles. The molecule has 3 rings (SSSR count). The monoisotopic (exact) mass is 483 g/mol. The van der Waals surface area contributed by atoms with Gasteiger partial charge in [-0.2, -0.15) is 5.10 Å². The summed E-state index contributed by atoms with van der Waals surface area (Å²) in [5.41, 5.74) is 4.17. The fourth-order valence-electron chi connectivity index (χ4n) is 2.73. The van der Waals surface area contributed by atoms with E-state index in [1.54, 1.807) is 17.0 Å². The highest BCUT2D eigenvalue weighted by Crippen LogP contribution is 2.33. The Morgan fingerprint density at radius 2 is 1.45 bits per heavy atom. The second-order valence-corrected chi connectivity index (χ2v) is 8.50. The molecular weight excluding hydrogens is 446 g/mol. The minimum atomic E-state index is -0.0973. The van der Waals surface area contributed by atoms with Crippen LogP contribution in [0.3, 0.4) is 0 Å². The van der Waals surface area contributed by atoms with Crippen molar-refractivity contribution in [3.63, 3.8) is 0 Å². The first-order valence-electron chi connectivity index (χ1n) is 11.2. The Labute approximate surface area is 208 Å². The highest BCUT2D eigenvalue weighted by molar-refractivity contribution is 8.14. The summed E-state index contributed by atoms with van der Waals surface area (Å²) in [5, 5.41) is 5.96. The molecule has 33 heavy (non-hydrogen) atoms. The molecule has 0 bridgehead atoms.